The highest BCUT2D eigenvalue weighted by Crippen LogP contribution is 2.36. The lowest BCUT2D eigenvalue weighted by Crippen LogP contribution is -2.46. The van der Waals surface area contributed by atoms with Gasteiger partial charge in [-0.1, -0.05) is 26.0 Å². The number of carbonyl (C=O) groups is 1. The van der Waals surface area contributed by atoms with Crippen molar-refractivity contribution >= 4 is 17.9 Å². The lowest BCUT2D eigenvalue weighted by atomic mass is 9.80. The number of thioether (sulfide) groups is 1. The van der Waals surface area contributed by atoms with Gasteiger partial charge in [-0.25, -0.2) is 4.79 Å². The van der Waals surface area contributed by atoms with Crippen LogP contribution >= 0.6 is 11.8 Å². The largest absolute Gasteiger partial charge is 0.449 e. The summed E-state index contributed by atoms with van der Waals surface area (Å²) in [5.41, 5.74) is 1.04. The molecule has 3 nitrogen and oxygen atoms in total. The second kappa shape index (κ2) is 4.61. The molecule has 0 unspecified atom stereocenters. The predicted molar refractivity (Wildman–Crippen MR) is 69.2 cm³/mol. The summed E-state index contributed by atoms with van der Waals surface area (Å²) in [6.07, 6.45) is 1.72. The Morgan fingerprint density at radius 3 is 2.59 bits per heavy atom. The molecule has 1 aromatic rings. The normalized spacial score (nSPS) is 22.8. The van der Waals surface area contributed by atoms with Crippen molar-refractivity contribution in [2.24, 2.45) is 5.41 Å². The number of benzene rings is 1. The molecule has 1 heterocycles. The zero-order valence-electron chi connectivity index (χ0n) is 10.3. The molecule has 4 heteroatoms. The number of nitrogens with one attached hydrogen (secondary N) is 1. The van der Waals surface area contributed by atoms with E-state index in [4.69, 9.17) is 4.74 Å². The third-order valence-corrected chi connectivity index (χ3v) is 3.81. The smallest absolute Gasteiger partial charge is 0.407 e. The highest BCUT2D eigenvalue weighted by atomic mass is 32.2. The van der Waals surface area contributed by atoms with Gasteiger partial charge < -0.3 is 10.1 Å². The van der Waals surface area contributed by atoms with Crippen LogP contribution in [-0.2, 0) is 4.74 Å². The van der Waals surface area contributed by atoms with Crippen LogP contribution in [-0.4, -0.2) is 19.0 Å². The molecule has 0 radical (unpaired) electrons. The van der Waals surface area contributed by atoms with Crippen molar-refractivity contribution in [3.8, 4) is 0 Å². The molecule has 1 fully saturated rings. The summed E-state index contributed by atoms with van der Waals surface area (Å²) in [7, 11) is 0. The molecule has 0 bridgehead atoms. The predicted octanol–water partition coefficient (Wildman–Crippen LogP) is 3.22. The highest BCUT2D eigenvalue weighted by molar-refractivity contribution is 7.98. The topological polar surface area (TPSA) is 38.3 Å². The number of carbonyl (C=O) groups excluding carboxylic acids is 1. The Morgan fingerprint density at radius 1 is 1.35 bits per heavy atom. The molecular weight excluding hydrogens is 234 g/mol. The van der Waals surface area contributed by atoms with Crippen LogP contribution < -0.4 is 5.32 Å². The van der Waals surface area contributed by atoms with Gasteiger partial charge in [0.15, 0.2) is 0 Å². The second-order valence-corrected chi connectivity index (χ2v) is 5.79. The van der Waals surface area contributed by atoms with Crippen LogP contribution in [0.2, 0.25) is 0 Å². The van der Waals surface area contributed by atoms with Gasteiger partial charge in [0.2, 0.25) is 0 Å². The standard InChI is InChI=1S/C13H17NO2S/c1-13(2)8-16-12(15)14-11(13)9-4-6-10(17-3)7-5-9/h4-7,11H,8H2,1-3H3,(H,14,15)/t11-/m1/s1. The van der Waals surface area contributed by atoms with E-state index in [0.717, 1.165) is 5.56 Å². The fourth-order valence-corrected chi connectivity index (χ4v) is 2.43. The van der Waals surface area contributed by atoms with E-state index in [1.54, 1.807) is 11.8 Å². The average molecular weight is 251 g/mol. The Kier molecular flexibility index (Phi) is 3.33. The fraction of sp³-hybridized carbons (Fsp3) is 0.462. The molecule has 0 aliphatic carbocycles. The molecule has 1 aliphatic rings. The monoisotopic (exact) mass is 251 g/mol. The molecule has 0 aromatic heterocycles. The van der Waals surface area contributed by atoms with E-state index in [0.29, 0.717) is 6.61 Å². The first-order valence-electron chi connectivity index (χ1n) is 5.60. The van der Waals surface area contributed by atoms with Gasteiger partial charge in [0.1, 0.15) is 6.61 Å². The SMILES string of the molecule is CSc1ccc([C@H]2NC(=O)OCC2(C)C)cc1. The number of ether oxygens (including phenoxy) is 1. The number of hydrogen-bond acceptors (Lipinski definition) is 3. The molecule has 0 spiro atoms. The van der Waals surface area contributed by atoms with E-state index in [1.165, 1.54) is 4.90 Å². The summed E-state index contributed by atoms with van der Waals surface area (Å²) in [5.74, 6) is 0. The number of hydrogen-bond donors (Lipinski definition) is 1. The van der Waals surface area contributed by atoms with Crippen molar-refractivity contribution in [2.45, 2.75) is 24.8 Å². The van der Waals surface area contributed by atoms with E-state index in [2.05, 4.69) is 49.7 Å². The van der Waals surface area contributed by atoms with Crippen LogP contribution in [0.5, 0.6) is 0 Å². The van der Waals surface area contributed by atoms with Crippen molar-refractivity contribution in [1.82, 2.24) is 5.32 Å². The van der Waals surface area contributed by atoms with E-state index in [-0.39, 0.29) is 17.6 Å². The van der Waals surface area contributed by atoms with E-state index >= 15 is 0 Å². The summed E-state index contributed by atoms with van der Waals surface area (Å²) >= 11 is 1.71. The Balaban J connectivity index is 2.26. The third kappa shape index (κ3) is 2.57. The zero-order valence-corrected chi connectivity index (χ0v) is 11.1. The van der Waals surface area contributed by atoms with Crippen LogP contribution in [0.25, 0.3) is 0 Å². The summed E-state index contributed by atoms with van der Waals surface area (Å²) in [5, 5.41) is 2.89. The molecule has 2 rings (SSSR count). The molecule has 1 N–H and O–H groups in total. The first-order chi connectivity index (χ1) is 8.03. The molecule has 0 saturated carbocycles. The minimum Gasteiger partial charge on any atom is -0.449 e. The van der Waals surface area contributed by atoms with Crippen LogP contribution in [0.1, 0.15) is 25.5 Å². The maximum Gasteiger partial charge on any atom is 0.407 e. The molecule has 1 atom stereocenters. The van der Waals surface area contributed by atoms with Crippen molar-refractivity contribution < 1.29 is 9.53 Å². The van der Waals surface area contributed by atoms with Crippen LogP contribution in [0.15, 0.2) is 29.2 Å². The van der Waals surface area contributed by atoms with Gasteiger partial charge in [-0.3, -0.25) is 0 Å². The van der Waals surface area contributed by atoms with Crippen molar-refractivity contribution in [3.63, 3.8) is 0 Å². The van der Waals surface area contributed by atoms with E-state index in [1.807, 2.05) is 0 Å². The number of rotatable bonds is 2. The van der Waals surface area contributed by atoms with Crippen molar-refractivity contribution in [2.75, 3.05) is 12.9 Å². The average Bonchev–Trinajstić information content (AvgIpc) is 2.33. The summed E-state index contributed by atoms with van der Waals surface area (Å²) in [6, 6.07) is 8.32. The molecule has 1 saturated heterocycles. The van der Waals surface area contributed by atoms with Gasteiger partial charge >= 0.3 is 6.09 Å². The van der Waals surface area contributed by atoms with Crippen LogP contribution in [0.3, 0.4) is 0 Å². The van der Waals surface area contributed by atoms with Crippen LogP contribution in [0, 0.1) is 5.41 Å². The van der Waals surface area contributed by atoms with E-state index < -0.39 is 0 Å². The lowest BCUT2D eigenvalue weighted by Gasteiger charge is -2.38. The number of cyclic esters (lactones) is 1. The van der Waals surface area contributed by atoms with Gasteiger partial charge in [-0.2, -0.15) is 0 Å². The van der Waals surface area contributed by atoms with Gasteiger partial charge in [-0.05, 0) is 24.0 Å². The molecule has 17 heavy (non-hydrogen) atoms. The van der Waals surface area contributed by atoms with Crippen LogP contribution in [0.4, 0.5) is 4.79 Å². The highest BCUT2D eigenvalue weighted by Gasteiger charge is 2.37. The summed E-state index contributed by atoms with van der Waals surface area (Å²) < 4.78 is 5.04. The number of alkyl carbamates (subject to hydrolysis) is 1. The lowest BCUT2D eigenvalue weighted by molar-refractivity contribution is 0.0387. The van der Waals surface area contributed by atoms with Crippen molar-refractivity contribution in [3.05, 3.63) is 29.8 Å². The summed E-state index contributed by atoms with van der Waals surface area (Å²) in [6.45, 7) is 4.65. The summed E-state index contributed by atoms with van der Waals surface area (Å²) in [4.78, 5) is 12.5. The molecule has 1 aromatic carbocycles. The molecular formula is C13H17NO2S. The van der Waals surface area contributed by atoms with Gasteiger partial charge in [0, 0.05) is 10.3 Å². The van der Waals surface area contributed by atoms with E-state index in [9.17, 15) is 4.79 Å². The Morgan fingerprint density at radius 2 is 2.00 bits per heavy atom. The Hall–Kier alpha value is -1.16. The maximum atomic E-state index is 11.3. The zero-order chi connectivity index (χ0) is 12.5. The molecule has 1 amide bonds. The molecule has 92 valence electrons. The second-order valence-electron chi connectivity index (χ2n) is 4.92. The minimum atomic E-state index is -0.330. The van der Waals surface area contributed by atoms with Gasteiger partial charge in [-0.15, -0.1) is 11.8 Å². The number of amides is 1. The first kappa shape index (κ1) is 12.3. The Bertz CT molecular complexity index is 414. The van der Waals surface area contributed by atoms with Gasteiger partial charge in [0.05, 0.1) is 6.04 Å². The van der Waals surface area contributed by atoms with Gasteiger partial charge in [0.25, 0.3) is 0 Å². The fourth-order valence-electron chi connectivity index (χ4n) is 2.02. The Labute approximate surface area is 106 Å². The molecule has 1 aliphatic heterocycles. The quantitative estimate of drug-likeness (QED) is 0.820. The third-order valence-electron chi connectivity index (χ3n) is 3.07. The maximum absolute atomic E-state index is 11.3. The minimum absolute atomic E-state index is 0.0136. The van der Waals surface area contributed by atoms with Crippen molar-refractivity contribution in [1.29, 1.82) is 0 Å². The first-order valence-corrected chi connectivity index (χ1v) is 6.82.